The Hall–Kier alpha value is -1.67. The van der Waals surface area contributed by atoms with E-state index in [1.165, 1.54) is 0 Å². The van der Waals surface area contributed by atoms with Gasteiger partial charge in [0.1, 0.15) is 6.20 Å². The van der Waals surface area contributed by atoms with Crippen LogP contribution in [0.5, 0.6) is 0 Å². The number of halogens is 4. The number of hydrogen-bond acceptors (Lipinski definition) is 2. The van der Waals surface area contributed by atoms with Crippen molar-refractivity contribution in [3.05, 3.63) is 18.9 Å². The topological polar surface area (TPSA) is 55.7 Å². The molecule has 4 nitrogen and oxygen atoms in total. The van der Waals surface area contributed by atoms with Crippen LogP contribution in [0.25, 0.3) is 11.2 Å². The highest BCUT2D eigenvalue weighted by Crippen LogP contribution is 2.06. The Morgan fingerprint density at radius 2 is 1.86 bits per heavy atom. The molecule has 2 N–H and O–H groups in total. The van der Waals surface area contributed by atoms with Gasteiger partial charge in [-0.1, -0.05) is 0 Å². The van der Waals surface area contributed by atoms with E-state index in [9.17, 15) is 17.3 Å². The number of aromatic nitrogens is 4. The van der Waals surface area contributed by atoms with Crippen molar-refractivity contribution < 1.29 is 22.2 Å². The normalized spacial score (nSPS) is 10.9. The summed E-state index contributed by atoms with van der Waals surface area (Å²) in [5, 5.41) is 0. The smallest absolute Gasteiger partial charge is 0.418 e. The Balaban J connectivity index is 0.000000171. The highest BCUT2D eigenvalue weighted by molar-refractivity contribution is 6.50. The molecule has 0 amide bonds. The minimum atomic E-state index is -6.00. The van der Waals surface area contributed by atoms with Crippen LogP contribution >= 0.6 is 0 Å². The van der Waals surface area contributed by atoms with E-state index < -0.39 is 7.25 Å². The number of rotatable bonds is 0. The van der Waals surface area contributed by atoms with E-state index in [0.29, 0.717) is 0 Å². The summed E-state index contributed by atoms with van der Waals surface area (Å²) in [7, 11) is -6.00. The Morgan fingerprint density at radius 3 is 2.43 bits per heavy atom. The third-order valence-electron chi connectivity index (χ3n) is 1.14. The molecule has 0 unspecified atom stereocenters. The second-order valence-electron chi connectivity index (χ2n) is 2.20. The Kier molecular flexibility index (Phi) is 3.00. The maximum absolute atomic E-state index is 9.75. The third kappa shape index (κ3) is 3.83. The molecule has 0 saturated carbocycles. The van der Waals surface area contributed by atoms with E-state index in [1.807, 2.05) is 6.20 Å². The fraction of sp³-hybridized carbons (Fsp3) is 0. The zero-order valence-corrected chi connectivity index (χ0v) is 6.72. The lowest BCUT2D eigenvalue weighted by Gasteiger charge is -1.94. The van der Waals surface area contributed by atoms with E-state index in [0.717, 1.165) is 11.2 Å². The van der Waals surface area contributed by atoms with Gasteiger partial charge in [-0.05, 0) is 4.98 Å². The molecule has 2 aromatic rings. The predicted octanol–water partition coefficient (Wildman–Crippen LogP) is 1.07. The lowest BCUT2D eigenvalue weighted by molar-refractivity contribution is -0.380. The Labute approximate surface area is 75.5 Å². The molecule has 0 fully saturated rings. The van der Waals surface area contributed by atoms with Gasteiger partial charge in [0.2, 0.25) is 0 Å². The Bertz CT molecular complexity index is 364. The first-order valence-electron chi connectivity index (χ1n) is 3.49. The molecule has 0 saturated heterocycles. The van der Waals surface area contributed by atoms with E-state index >= 15 is 0 Å². The van der Waals surface area contributed by atoms with Crippen LogP contribution < -0.4 is 4.98 Å². The molecule has 0 aromatic carbocycles. The highest BCUT2D eigenvalue weighted by atomic mass is 19.5. The van der Waals surface area contributed by atoms with Crippen molar-refractivity contribution in [3.63, 3.8) is 0 Å². The molecule has 2 aromatic heterocycles. The van der Waals surface area contributed by atoms with Gasteiger partial charge < -0.3 is 22.2 Å². The third-order valence-corrected chi connectivity index (χ3v) is 1.14. The number of imidazole rings is 1. The maximum Gasteiger partial charge on any atom is 0.673 e. The van der Waals surface area contributed by atoms with Crippen LogP contribution in [0, 0.1) is 0 Å². The SMILES string of the molecule is F[B-](F)(F)F.c1nc2nc[nH+]cc2[nH]1. The standard InChI is InChI=1S/C5H4N4.BF4/c1-4-5(8-2-6-1)9-3-7-4;2-1(3,4)5/h1-3H,(H,6,7,8,9);/q;-1/p+1. The first-order chi connectivity index (χ1) is 6.47. The van der Waals surface area contributed by atoms with Gasteiger partial charge in [0.25, 0.3) is 12.0 Å². The summed E-state index contributed by atoms with van der Waals surface area (Å²) in [5.41, 5.74) is 1.67. The van der Waals surface area contributed by atoms with E-state index in [1.54, 1.807) is 12.7 Å². The lowest BCUT2D eigenvalue weighted by Crippen LogP contribution is -2.02. The predicted molar refractivity (Wildman–Crippen MR) is 40.6 cm³/mol. The summed E-state index contributed by atoms with van der Waals surface area (Å²) >= 11 is 0. The molecule has 0 atom stereocenters. The molecular weight excluding hydrogens is 203 g/mol. The van der Waals surface area contributed by atoms with Crippen molar-refractivity contribution >= 4 is 18.4 Å². The van der Waals surface area contributed by atoms with Crippen LogP contribution in [-0.2, 0) is 0 Å². The summed E-state index contributed by atoms with van der Waals surface area (Å²) in [5.74, 6) is 0. The maximum atomic E-state index is 9.75. The number of H-pyrrole nitrogens is 2. The number of aromatic amines is 2. The van der Waals surface area contributed by atoms with Crippen LogP contribution in [-0.4, -0.2) is 22.2 Å². The summed E-state index contributed by atoms with van der Waals surface area (Å²) in [4.78, 5) is 13.6. The van der Waals surface area contributed by atoms with Crippen LogP contribution in [0.2, 0.25) is 0 Å². The molecule has 0 aliphatic carbocycles. The van der Waals surface area contributed by atoms with Crippen molar-refractivity contribution in [1.82, 2.24) is 15.0 Å². The van der Waals surface area contributed by atoms with E-state index in [2.05, 4.69) is 19.9 Å². The van der Waals surface area contributed by atoms with E-state index in [-0.39, 0.29) is 0 Å². The first kappa shape index (κ1) is 10.4. The number of nitrogens with zero attached hydrogens (tertiary/aromatic N) is 2. The van der Waals surface area contributed by atoms with Crippen molar-refractivity contribution in [1.29, 1.82) is 0 Å². The minimum absolute atomic E-state index is 0.744. The summed E-state index contributed by atoms with van der Waals surface area (Å²) in [6, 6.07) is 0. The fourth-order valence-electron chi connectivity index (χ4n) is 0.725. The number of hydrogen-bond donors (Lipinski definition) is 1. The monoisotopic (exact) mass is 208 g/mol. The quantitative estimate of drug-likeness (QED) is 0.519. The molecule has 14 heavy (non-hydrogen) atoms. The van der Waals surface area contributed by atoms with Crippen LogP contribution in [0.15, 0.2) is 18.9 Å². The van der Waals surface area contributed by atoms with Gasteiger partial charge in [-0.2, -0.15) is 4.98 Å². The van der Waals surface area contributed by atoms with Gasteiger partial charge in [0.15, 0.2) is 5.52 Å². The molecular formula is C5H5BF4N4. The zero-order valence-electron chi connectivity index (χ0n) is 6.72. The average Bonchev–Trinajstić information content (AvgIpc) is 2.47. The molecule has 0 bridgehead atoms. The molecule has 0 aliphatic heterocycles. The fourth-order valence-corrected chi connectivity index (χ4v) is 0.725. The van der Waals surface area contributed by atoms with Crippen molar-refractivity contribution in [3.8, 4) is 0 Å². The minimum Gasteiger partial charge on any atom is -0.418 e. The van der Waals surface area contributed by atoms with Crippen LogP contribution in [0.1, 0.15) is 0 Å². The molecule has 2 rings (SSSR count). The second-order valence-corrected chi connectivity index (χ2v) is 2.20. The van der Waals surface area contributed by atoms with Gasteiger partial charge in [0.05, 0.1) is 6.33 Å². The largest absolute Gasteiger partial charge is 0.673 e. The van der Waals surface area contributed by atoms with Gasteiger partial charge in [-0.3, -0.25) is 0 Å². The van der Waals surface area contributed by atoms with Crippen molar-refractivity contribution in [2.75, 3.05) is 0 Å². The molecule has 2 heterocycles. The van der Waals surface area contributed by atoms with Gasteiger partial charge >= 0.3 is 7.25 Å². The van der Waals surface area contributed by atoms with E-state index in [4.69, 9.17) is 0 Å². The summed E-state index contributed by atoms with van der Waals surface area (Å²) in [6.07, 6.45) is 5.03. The van der Waals surface area contributed by atoms with Crippen molar-refractivity contribution in [2.45, 2.75) is 0 Å². The lowest BCUT2D eigenvalue weighted by atomic mass is 10.3. The zero-order chi connectivity index (χ0) is 10.6. The molecule has 0 radical (unpaired) electrons. The Morgan fingerprint density at radius 1 is 1.21 bits per heavy atom. The molecule has 0 aliphatic rings. The molecule has 76 valence electrons. The van der Waals surface area contributed by atoms with Crippen molar-refractivity contribution in [2.24, 2.45) is 0 Å². The molecule has 9 heteroatoms. The second kappa shape index (κ2) is 4.03. The van der Waals surface area contributed by atoms with Crippen LogP contribution in [0.3, 0.4) is 0 Å². The number of fused-ring (bicyclic) bond motifs is 1. The summed E-state index contributed by atoms with van der Waals surface area (Å²) < 4.78 is 39.0. The highest BCUT2D eigenvalue weighted by Gasteiger charge is 2.20. The first-order valence-corrected chi connectivity index (χ1v) is 3.49. The average molecular weight is 208 g/mol. The number of nitrogens with one attached hydrogen (secondary N) is 2. The van der Waals surface area contributed by atoms with Gasteiger partial charge in [-0.25, -0.2) is 4.98 Å². The molecule has 0 spiro atoms. The van der Waals surface area contributed by atoms with Gasteiger partial charge in [-0.15, -0.1) is 0 Å². The van der Waals surface area contributed by atoms with Crippen LogP contribution in [0.4, 0.5) is 17.3 Å². The van der Waals surface area contributed by atoms with Gasteiger partial charge in [0, 0.05) is 0 Å². The summed E-state index contributed by atoms with van der Waals surface area (Å²) in [6.45, 7) is 0.